The Morgan fingerprint density at radius 2 is 2.06 bits per heavy atom. The van der Waals surface area contributed by atoms with E-state index in [1.165, 1.54) is 6.08 Å². The first-order valence-electron chi connectivity index (χ1n) is 9.55. The third kappa shape index (κ3) is 4.74. The second-order valence-corrected chi connectivity index (χ2v) is 8.13. The van der Waals surface area contributed by atoms with Crippen molar-refractivity contribution in [2.75, 3.05) is 6.54 Å². The van der Waals surface area contributed by atoms with E-state index in [1.54, 1.807) is 18.2 Å². The number of carbonyl (C=O) groups is 1. The summed E-state index contributed by atoms with van der Waals surface area (Å²) < 4.78 is 6.57. The van der Waals surface area contributed by atoms with Gasteiger partial charge in [-0.25, -0.2) is 0 Å². The van der Waals surface area contributed by atoms with Crippen LogP contribution in [0.1, 0.15) is 11.3 Å². The van der Waals surface area contributed by atoms with E-state index in [9.17, 15) is 10.1 Å². The van der Waals surface area contributed by atoms with Crippen LogP contribution in [0.3, 0.4) is 0 Å². The minimum absolute atomic E-state index is 0.0198. The Hall–Kier alpha value is -3.27. The van der Waals surface area contributed by atoms with Gasteiger partial charge in [0, 0.05) is 39.8 Å². The fraction of sp³-hybridized carbons (Fsp3) is 0.0833. The van der Waals surface area contributed by atoms with E-state index in [0.29, 0.717) is 29.5 Å². The van der Waals surface area contributed by atoms with Crippen molar-refractivity contribution in [3.63, 3.8) is 0 Å². The van der Waals surface area contributed by atoms with E-state index in [-0.39, 0.29) is 5.57 Å². The minimum Gasteiger partial charge on any atom is -0.457 e. The number of carbonyl (C=O) groups excluding carboxylic acids is 1. The average molecular weight is 495 g/mol. The normalized spacial score (nSPS) is 11.5. The highest BCUT2D eigenvalue weighted by Gasteiger charge is 2.12. The lowest BCUT2D eigenvalue weighted by Gasteiger charge is -2.04. The molecular formula is C24H17BrClN3O2. The van der Waals surface area contributed by atoms with Crippen molar-refractivity contribution in [1.82, 2.24) is 10.3 Å². The number of aromatic nitrogens is 1. The molecule has 2 aromatic carbocycles. The molecule has 0 aliphatic carbocycles. The van der Waals surface area contributed by atoms with Crippen LogP contribution in [0, 0.1) is 11.3 Å². The van der Waals surface area contributed by atoms with E-state index in [1.807, 2.05) is 48.7 Å². The van der Waals surface area contributed by atoms with Gasteiger partial charge in [-0.1, -0.05) is 35.9 Å². The van der Waals surface area contributed by atoms with Crippen LogP contribution in [-0.4, -0.2) is 17.4 Å². The molecule has 0 fully saturated rings. The first-order chi connectivity index (χ1) is 15.0. The fourth-order valence-electron chi connectivity index (χ4n) is 3.27. The monoisotopic (exact) mass is 493 g/mol. The Morgan fingerprint density at radius 1 is 1.23 bits per heavy atom. The van der Waals surface area contributed by atoms with Gasteiger partial charge in [-0.05, 0) is 58.2 Å². The lowest BCUT2D eigenvalue weighted by molar-refractivity contribution is -0.117. The Labute approximate surface area is 192 Å². The van der Waals surface area contributed by atoms with E-state index >= 15 is 0 Å². The molecule has 0 radical (unpaired) electrons. The van der Waals surface area contributed by atoms with Crippen molar-refractivity contribution in [2.45, 2.75) is 6.42 Å². The molecule has 0 aliphatic rings. The highest BCUT2D eigenvalue weighted by molar-refractivity contribution is 9.10. The van der Waals surface area contributed by atoms with Crippen LogP contribution in [0.4, 0.5) is 0 Å². The zero-order valence-electron chi connectivity index (χ0n) is 16.3. The van der Waals surface area contributed by atoms with Gasteiger partial charge in [0.25, 0.3) is 5.91 Å². The topological polar surface area (TPSA) is 81.8 Å². The van der Waals surface area contributed by atoms with Gasteiger partial charge >= 0.3 is 0 Å². The average Bonchev–Trinajstić information content (AvgIpc) is 3.41. The molecule has 0 atom stereocenters. The SMILES string of the molecule is N#C/C(=C/c1ccc(-c2ccc(Br)c(Cl)c2)o1)C(=O)NCCc1c[nH]c2ccccc12. The van der Waals surface area contributed by atoms with Crippen LogP contribution < -0.4 is 5.32 Å². The predicted molar refractivity (Wildman–Crippen MR) is 125 cm³/mol. The second kappa shape index (κ2) is 9.25. The first-order valence-corrected chi connectivity index (χ1v) is 10.7. The van der Waals surface area contributed by atoms with Gasteiger partial charge in [0.05, 0.1) is 5.02 Å². The van der Waals surface area contributed by atoms with Crippen LogP contribution in [0.25, 0.3) is 28.3 Å². The molecule has 0 spiro atoms. The lowest BCUT2D eigenvalue weighted by Crippen LogP contribution is -2.26. The van der Waals surface area contributed by atoms with Crippen molar-refractivity contribution < 1.29 is 9.21 Å². The van der Waals surface area contributed by atoms with Gasteiger partial charge in [0.2, 0.25) is 0 Å². The minimum atomic E-state index is -0.438. The Balaban J connectivity index is 1.42. The number of H-pyrrole nitrogens is 1. The fourth-order valence-corrected chi connectivity index (χ4v) is 3.70. The summed E-state index contributed by atoms with van der Waals surface area (Å²) in [5.74, 6) is 0.571. The van der Waals surface area contributed by atoms with Crippen LogP contribution in [0.5, 0.6) is 0 Å². The number of halogens is 2. The number of fused-ring (bicyclic) bond motifs is 1. The molecule has 1 amide bonds. The summed E-state index contributed by atoms with van der Waals surface area (Å²) in [6, 6.07) is 18.9. The van der Waals surface area contributed by atoms with E-state index in [4.69, 9.17) is 16.0 Å². The van der Waals surface area contributed by atoms with Crippen molar-refractivity contribution in [2.24, 2.45) is 0 Å². The second-order valence-electron chi connectivity index (χ2n) is 6.87. The van der Waals surface area contributed by atoms with E-state index < -0.39 is 5.91 Å². The first kappa shape index (κ1) is 21.0. The number of nitriles is 1. The predicted octanol–water partition coefficient (Wildman–Crippen LogP) is 6.11. The van der Waals surface area contributed by atoms with Gasteiger partial charge in [0.15, 0.2) is 0 Å². The molecule has 0 saturated carbocycles. The summed E-state index contributed by atoms with van der Waals surface area (Å²) in [5.41, 5.74) is 2.95. The van der Waals surface area contributed by atoms with Gasteiger partial charge in [-0.3, -0.25) is 4.79 Å². The third-order valence-electron chi connectivity index (χ3n) is 4.84. The summed E-state index contributed by atoms with van der Waals surface area (Å²) >= 11 is 9.49. The standard InChI is InChI=1S/C24H17BrClN3O2/c25-20-7-5-15(12-21(20)26)23-8-6-18(31-23)11-17(13-27)24(30)28-10-9-16-14-29-22-4-2-1-3-19(16)22/h1-8,11-12,14,29H,9-10H2,(H,28,30)/b17-11-. The van der Waals surface area contributed by atoms with Gasteiger partial charge < -0.3 is 14.7 Å². The van der Waals surface area contributed by atoms with Crippen LogP contribution in [-0.2, 0) is 11.2 Å². The quantitative estimate of drug-likeness (QED) is 0.251. The smallest absolute Gasteiger partial charge is 0.262 e. The molecule has 2 N–H and O–H groups in total. The van der Waals surface area contributed by atoms with E-state index in [2.05, 4.69) is 26.2 Å². The molecule has 5 nitrogen and oxygen atoms in total. The Bertz CT molecular complexity index is 1330. The summed E-state index contributed by atoms with van der Waals surface area (Å²) in [6.45, 7) is 0.417. The molecule has 0 aliphatic heterocycles. The maximum absolute atomic E-state index is 12.5. The van der Waals surface area contributed by atoms with Crippen LogP contribution in [0.2, 0.25) is 5.02 Å². The Kier molecular flexibility index (Phi) is 6.26. The number of hydrogen-bond donors (Lipinski definition) is 2. The zero-order valence-corrected chi connectivity index (χ0v) is 18.6. The molecule has 0 bridgehead atoms. The largest absolute Gasteiger partial charge is 0.457 e. The summed E-state index contributed by atoms with van der Waals surface area (Å²) in [4.78, 5) is 15.7. The number of para-hydroxylation sites is 1. The maximum Gasteiger partial charge on any atom is 0.262 e. The zero-order chi connectivity index (χ0) is 21.8. The summed E-state index contributed by atoms with van der Waals surface area (Å²) in [5, 5.41) is 13.9. The number of nitrogens with zero attached hydrogens (tertiary/aromatic N) is 1. The lowest BCUT2D eigenvalue weighted by atomic mass is 10.1. The van der Waals surface area contributed by atoms with Crippen molar-refractivity contribution in [3.05, 3.63) is 87.2 Å². The number of benzene rings is 2. The maximum atomic E-state index is 12.5. The number of rotatable bonds is 6. The number of amides is 1. The number of nitrogens with one attached hydrogen (secondary N) is 2. The van der Waals surface area contributed by atoms with Gasteiger partial charge in [0.1, 0.15) is 23.2 Å². The number of aromatic amines is 1. The molecule has 154 valence electrons. The molecule has 2 heterocycles. The number of hydrogen-bond acceptors (Lipinski definition) is 3. The van der Waals surface area contributed by atoms with E-state index in [0.717, 1.165) is 26.5 Å². The van der Waals surface area contributed by atoms with Crippen molar-refractivity contribution >= 4 is 50.4 Å². The molecule has 0 saturated heterocycles. The molecular weight excluding hydrogens is 478 g/mol. The van der Waals surface area contributed by atoms with Crippen molar-refractivity contribution in [3.8, 4) is 17.4 Å². The molecule has 2 aromatic heterocycles. The Morgan fingerprint density at radius 3 is 2.87 bits per heavy atom. The molecule has 31 heavy (non-hydrogen) atoms. The van der Waals surface area contributed by atoms with Crippen molar-refractivity contribution in [1.29, 1.82) is 5.26 Å². The van der Waals surface area contributed by atoms with Gasteiger partial charge in [-0.15, -0.1) is 0 Å². The summed E-state index contributed by atoms with van der Waals surface area (Å²) in [7, 11) is 0. The van der Waals surface area contributed by atoms with Crippen LogP contribution >= 0.6 is 27.5 Å². The summed E-state index contributed by atoms with van der Waals surface area (Å²) in [6.07, 6.45) is 4.03. The molecule has 4 rings (SSSR count). The van der Waals surface area contributed by atoms with Gasteiger partial charge in [-0.2, -0.15) is 5.26 Å². The highest BCUT2D eigenvalue weighted by atomic mass is 79.9. The molecule has 7 heteroatoms. The molecule has 4 aromatic rings. The highest BCUT2D eigenvalue weighted by Crippen LogP contribution is 2.30. The van der Waals surface area contributed by atoms with Crippen LogP contribution in [0.15, 0.2) is 75.3 Å². The third-order valence-corrected chi connectivity index (χ3v) is 6.07. The number of furan rings is 1. The molecule has 0 unspecified atom stereocenters.